The molecule has 2 aromatic heterocycles. The van der Waals surface area contributed by atoms with Gasteiger partial charge in [-0.1, -0.05) is 37.6 Å². The van der Waals surface area contributed by atoms with Crippen molar-refractivity contribution in [3.8, 4) is 0 Å². The molecule has 3 nitrogen and oxygen atoms in total. The summed E-state index contributed by atoms with van der Waals surface area (Å²) in [6.45, 7) is 5.74. The maximum absolute atomic E-state index is 13.8. The summed E-state index contributed by atoms with van der Waals surface area (Å²) < 4.78 is 13.4. The Bertz CT molecular complexity index is 1340. The molecule has 1 aliphatic rings. The molecule has 0 saturated carbocycles. The van der Waals surface area contributed by atoms with Crippen LogP contribution in [0.15, 0.2) is 54.7 Å². The predicted octanol–water partition coefficient (Wildman–Crippen LogP) is 7.42. The van der Waals surface area contributed by atoms with E-state index < -0.39 is 0 Å². The number of aryl methyl sites for hydroxylation is 1. The van der Waals surface area contributed by atoms with Gasteiger partial charge in [0.1, 0.15) is 5.82 Å². The van der Waals surface area contributed by atoms with Gasteiger partial charge in [0.2, 0.25) is 0 Å². The molecule has 1 amide bonds. The molecule has 1 N–H and O–H groups in total. The minimum absolute atomic E-state index is 0.0521. The summed E-state index contributed by atoms with van der Waals surface area (Å²) in [6.07, 6.45) is 5.86. The molecule has 176 valence electrons. The smallest absolute Gasteiger partial charge is 0.256 e. The molecule has 0 unspecified atom stereocenters. The van der Waals surface area contributed by atoms with Gasteiger partial charge < -0.3 is 9.88 Å². The Morgan fingerprint density at radius 3 is 2.76 bits per heavy atom. The third kappa shape index (κ3) is 4.91. The number of aromatic amines is 1. The number of rotatable bonds is 6. The molecule has 0 saturated heterocycles. The van der Waals surface area contributed by atoms with Crippen LogP contribution >= 0.6 is 22.9 Å². The van der Waals surface area contributed by atoms with E-state index in [0.29, 0.717) is 35.5 Å². The van der Waals surface area contributed by atoms with Gasteiger partial charge in [0.05, 0.1) is 17.6 Å². The van der Waals surface area contributed by atoms with E-state index in [4.69, 9.17) is 11.6 Å². The molecule has 0 fully saturated rings. The number of H-pyrrole nitrogens is 1. The van der Waals surface area contributed by atoms with E-state index in [9.17, 15) is 9.18 Å². The minimum atomic E-state index is -0.253. The van der Waals surface area contributed by atoms with Crippen molar-refractivity contribution in [1.29, 1.82) is 0 Å². The summed E-state index contributed by atoms with van der Waals surface area (Å²) in [5.41, 5.74) is 4.13. The lowest BCUT2D eigenvalue weighted by atomic mass is 9.77. The lowest BCUT2D eigenvalue weighted by Gasteiger charge is -2.29. The Hall–Kier alpha value is -2.63. The van der Waals surface area contributed by atoms with Crippen molar-refractivity contribution in [2.75, 3.05) is 6.54 Å². The van der Waals surface area contributed by atoms with Crippen LogP contribution in [0.25, 0.3) is 10.9 Å². The Labute approximate surface area is 208 Å². The molecular weight excluding hydrogens is 467 g/mol. The van der Waals surface area contributed by atoms with E-state index in [1.807, 2.05) is 34.6 Å². The topological polar surface area (TPSA) is 36.1 Å². The molecule has 6 heteroatoms. The van der Waals surface area contributed by atoms with Crippen LogP contribution in [0.1, 0.15) is 51.5 Å². The van der Waals surface area contributed by atoms with Gasteiger partial charge in [-0.05, 0) is 78.6 Å². The fourth-order valence-corrected chi connectivity index (χ4v) is 6.28. The molecule has 0 radical (unpaired) electrons. The number of amides is 1. The number of hydrogen-bond donors (Lipinski definition) is 1. The van der Waals surface area contributed by atoms with Crippen molar-refractivity contribution >= 4 is 39.7 Å². The highest BCUT2D eigenvalue weighted by Gasteiger charge is 2.28. The number of carbonyl (C=O) groups excluding carboxylic acids is 1. The second-order valence-electron chi connectivity index (χ2n) is 10.0. The second-order valence-corrected chi connectivity index (χ2v) is 11.7. The van der Waals surface area contributed by atoms with E-state index in [-0.39, 0.29) is 11.7 Å². The first-order chi connectivity index (χ1) is 16.3. The van der Waals surface area contributed by atoms with E-state index in [1.165, 1.54) is 33.9 Å². The van der Waals surface area contributed by atoms with Crippen molar-refractivity contribution in [3.05, 3.63) is 92.0 Å². The lowest BCUT2D eigenvalue weighted by Crippen LogP contribution is -2.32. The fourth-order valence-electron chi connectivity index (χ4n) is 4.85. The molecule has 2 heterocycles. The highest BCUT2D eigenvalue weighted by Crippen LogP contribution is 2.39. The van der Waals surface area contributed by atoms with Crippen LogP contribution in [0.3, 0.4) is 0 Å². The average molecular weight is 495 g/mol. The van der Waals surface area contributed by atoms with Crippen LogP contribution in [0.5, 0.6) is 0 Å². The zero-order valence-corrected chi connectivity index (χ0v) is 21.0. The van der Waals surface area contributed by atoms with Crippen molar-refractivity contribution < 1.29 is 9.18 Å². The van der Waals surface area contributed by atoms with Crippen LogP contribution < -0.4 is 0 Å². The molecule has 4 aromatic rings. The van der Waals surface area contributed by atoms with E-state index in [0.717, 1.165) is 29.3 Å². The number of nitrogens with one attached hydrogen (secondary N) is 1. The highest BCUT2D eigenvalue weighted by atomic mass is 35.5. The SMILES string of the molecule is CC1(C)CCc2sc(CN(CCc3ccc(F)cc3)C(=O)c3cc(Cl)cc4cc[nH]c34)cc2C1. The number of aromatic nitrogens is 1. The first-order valence-corrected chi connectivity index (χ1v) is 12.9. The molecular formula is C28H28ClFN2OS. The number of fused-ring (bicyclic) bond motifs is 2. The van der Waals surface area contributed by atoms with Gasteiger partial charge in [0, 0.05) is 32.9 Å². The molecule has 0 atom stereocenters. The number of benzene rings is 2. The van der Waals surface area contributed by atoms with Crippen LogP contribution in [0, 0.1) is 11.2 Å². The number of hydrogen-bond acceptors (Lipinski definition) is 2. The van der Waals surface area contributed by atoms with Crippen LogP contribution in [0.2, 0.25) is 5.02 Å². The largest absolute Gasteiger partial charge is 0.361 e. The number of carbonyl (C=O) groups is 1. The first-order valence-electron chi connectivity index (χ1n) is 11.7. The monoisotopic (exact) mass is 494 g/mol. The van der Waals surface area contributed by atoms with Crippen LogP contribution in [0.4, 0.5) is 4.39 Å². The maximum atomic E-state index is 13.8. The summed E-state index contributed by atoms with van der Waals surface area (Å²) in [7, 11) is 0. The van der Waals surface area contributed by atoms with Crippen LogP contribution in [-0.2, 0) is 25.8 Å². The summed E-state index contributed by atoms with van der Waals surface area (Å²) in [5.74, 6) is -0.305. The molecule has 1 aliphatic carbocycles. The van der Waals surface area contributed by atoms with E-state index in [2.05, 4.69) is 24.9 Å². The van der Waals surface area contributed by atoms with E-state index in [1.54, 1.807) is 18.2 Å². The van der Waals surface area contributed by atoms with Gasteiger partial charge >= 0.3 is 0 Å². The number of halogens is 2. The molecule has 2 aromatic carbocycles. The van der Waals surface area contributed by atoms with Crippen molar-refractivity contribution in [2.24, 2.45) is 5.41 Å². The quantitative estimate of drug-likeness (QED) is 0.297. The van der Waals surface area contributed by atoms with Crippen molar-refractivity contribution in [1.82, 2.24) is 9.88 Å². The van der Waals surface area contributed by atoms with Crippen molar-refractivity contribution in [3.63, 3.8) is 0 Å². The summed E-state index contributed by atoms with van der Waals surface area (Å²) in [6, 6.07) is 14.3. The normalized spacial score (nSPS) is 14.8. The first kappa shape index (κ1) is 23.1. The third-order valence-electron chi connectivity index (χ3n) is 6.72. The molecule has 0 bridgehead atoms. The summed E-state index contributed by atoms with van der Waals surface area (Å²) >= 11 is 8.19. The van der Waals surface area contributed by atoms with Gasteiger partial charge in [0.15, 0.2) is 0 Å². The zero-order valence-electron chi connectivity index (χ0n) is 19.5. The van der Waals surface area contributed by atoms with Gasteiger partial charge in [-0.15, -0.1) is 11.3 Å². The Balaban J connectivity index is 1.44. The molecule has 34 heavy (non-hydrogen) atoms. The third-order valence-corrected chi connectivity index (χ3v) is 8.16. The predicted molar refractivity (Wildman–Crippen MR) is 138 cm³/mol. The number of thiophene rings is 1. The highest BCUT2D eigenvalue weighted by molar-refractivity contribution is 7.12. The molecule has 0 spiro atoms. The Kier molecular flexibility index (Phi) is 6.26. The van der Waals surface area contributed by atoms with Crippen LogP contribution in [-0.4, -0.2) is 22.3 Å². The van der Waals surface area contributed by atoms with Gasteiger partial charge in [-0.25, -0.2) is 4.39 Å². The van der Waals surface area contributed by atoms with Gasteiger partial charge in [-0.3, -0.25) is 4.79 Å². The number of nitrogens with zero attached hydrogens (tertiary/aromatic N) is 1. The zero-order chi connectivity index (χ0) is 23.9. The fraction of sp³-hybridized carbons (Fsp3) is 0.321. The Morgan fingerprint density at radius 1 is 1.18 bits per heavy atom. The summed E-state index contributed by atoms with van der Waals surface area (Å²) in [4.78, 5) is 21.6. The summed E-state index contributed by atoms with van der Waals surface area (Å²) in [5, 5.41) is 1.46. The maximum Gasteiger partial charge on any atom is 0.256 e. The minimum Gasteiger partial charge on any atom is -0.361 e. The van der Waals surface area contributed by atoms with E-state index >= 15 is 0 Å². The van der Waals surface area contributed by atoms with Gasteiger partial charge in [-0.2, -0.15) is 0 Å². The van der Waals surface area contributed by atoms with Crippen molar-refractivity contribution in [2.45, 2.75) is 46.1 Å². The van der Waals surface area contributed by atoms with Gasteiger partial charge in [0.25, 0.3) is 5.91 Å². The lowest BCUT2D eigenvalue weighted by molar-refractivity contribution is 0.0748. The standard InChI is InChI=1S/C28H28ClFN2OS/c1-28(2)10-7-25-20(16-28)14-23(34-25)17-32(12-9-18-3-5-22(30)6-4-18)27(33)24-15-21(29)13-19-8-11-31-26(19)24/h3-6,8,11,13-15,31H,7,9-10,12,16-17H2,1-2H3. The molecule has 5 rings (SSSR count). The second kappa shape index (κ2) is 9.20. The molecule has 0 aliphatic heterocycles. The Morgan fingerprint density at radius 2 is 1.97 bits per heavy atom. The average Bonchev–Trinajstić information content (AvgIpc) is 3.42.